The second-order valence-corrected chi connectivity index (χ2v) is 4.60. The van der Waals surface area contributed by atoms with E-state index in [1.54, 1.807) is 0 Å². The lowest BCUT2D eigenvalue weighted by Gasteiger charge is -2.18. The van der Waals surface area contributed by atoms with Gasteiger partial charge in [-0.3, -0.25) is 4.79 Å². The van der Waals surface area contributed by atoms with Crippen molar-refractivity contribution in [2.45, 2.75) is 4.33 Å². The van der Waals surface area contributed by atoms with E-state index in [1.165, 1.54) is 18.2 Å². The maximum Gasteiger partial charge on any atom is 0.233 e. The Morgan fingerprint density at radius 1 is 1.50 bits per heavy atom. The van der Waals surface area contributed by atoms with Crippen LogP contribution in [0.4, 0.5) is 0 Å². The second kappa shape index (κ2) is 3.59. The second-order valence-electron chi connectivity index (χ2n) is 2.34. The van der Waals surface area contributed by atoms with E-state index in [2.05, 4.69) is 0 Å². The topological polar surface area (TPSA) is 17.1 Å². The van der Waals surface area contributed by atoms with Crippen molar-refractivity contribution >= 4 is 51.6 Å². The standard InChI is InChI=1S/C7H4Cl4O/c8-5-3-7(10,11)2-1-4(5)6(9)12/h1-4H. The summed E-state index contributed by atoms with van der Waals surface area (Å²) in [7, 11) is 0. The Morgan fingerprint density at radius 2 is 2.08 bits per heavy atom. The van der Waals surface area contributed by atoms with Gasteiger partial charge in [0.25, 0.3) is 0 Å². The molecule has 5 heteroatoms. The third kappa shape index (κ3) is 2.40. The highest BCUT2D eigenvalue weighted by atomic mass is 35.5. The molecule has 0 saturated heterocycles. The number of hydrogen-bond donors (Lipinski definition) is 0. The number of halogens is 4. The van der Waals surface area contributed by atoms with Crippen molar-refractivity contribution in [3.63, 3.8) is 0 Å². The van der Waals surface area contributed by atoms with Gasteiger partial charge in [-0.05, 0) is 23.8 Å². The number of carbonyl (C=O) groups is 1. The molecule has 0 aromatic carbocycles. The molecule has 1 aliphatic rings. The molecule has 0 saturated carbocycles. The Morgan fingerprint density at radius 3 is 2.50 bits per heavy atom. The average Bonchev–Trinajstić information content (AvgIpc) is 1.83. The lowest BCUT2D eigenvalue weighted by atomic mass is 10.0. The zero-order valence-electron chi connectivity index (χ0n) is 5.73. The van der Waals surface area contributed by atoms with Gasteiger partial charge in [-0.1, -0.05) is 40.9 Å². The van der Waals surface area contributed by atoms with Gasteiger partial charge in [0.05, 0.1) is 5.92 Å². The molecule has 0 spiro atoms. The van der Waals surface area contributed by atoms with E-state index < -0.39 is 15.5 Å². The highest BCUT2D eigenvalue weighted by molar-refractivity contribution is 6.65. The summed E-state index contributed by atoms with van der Waals surface area (Å²) in [5.74, 6) is -0.612. The quantitative estimate of drug-likeness (QED) is 0.394. The first-order valence-corrected chi connectivity index (χ1v) is 4.58. The molecule has 1 unspecified atom stereocenters. The zero-order chi connectivity index (χ0) is 9.35. The van der Waals surface area contributed by atoms with Crippen molar-refractivity contribution in [1.82, 2.24) is 0 Å². The normalized spacial score (nSPS) is 26.7. The van der Waals surface area contributed by atoms with Gasteiger partial charge in [0.1, 0.15) is 0 Å². The van der Waals surface area contributed by atoms with Crippen LogP contribution in [0, 0.1) is 5.92 Å². The molecule has 0 aromatic heterocycles. The summed E-state index contributed by atoms with van der Waals surface area (Å²) in [6.07, 6.45) is 4.33. The third-order valence-corrected chi connectivity index (χ3v) is 2.43. The van der Waals surface area contributed by atoms with Crippen LogP contribution in [0.1, 0.15) is 0 Å². The first-order valence-electron chi connectivity index (χ1n) is 3.07. The largest absolute Gasteiger partial charge is 0.280 e. The molecule has 0 aliphatic heterocycles. The smallest absolute Gasteiger partial charge is 0.233 e. The summed E-state index contributed by atoms with van der Waals surface area (Å²) in [5.41, 5.74) is 0. The van der Waals surface area contributed by atoms with Crippen LogP contribution < -0.4 is 0 Å². The molecule has 0 bridgehead atoms. The van der Waals surface area contributed by atoms with Crippen LogP contribution in [-0.4, -0.2) is 9.58 Å². The monoisotopic (exact) mass is 244 g/mol. The Kier molecular flexibility index (Phi) is 3.11. The minimum atomic E-state index is -1.13. The van der Waals surface area contributed by atoms with Crippen LogP contribution in [-0.2, 0) is 4.79 Å². The molecule has 0 radical (unpaired) electrons. The number of allylic oxidation sites excluding steroid dienone is 4. The van der Waals surface area contributed by atoms with Gasteiger partial charge in [-0.15, -0.1) is 0 Å². The summed E-state index contributed by atoms with van der Waals surface area (Å²) < 4.78 is -1.13. The summed E-state index contributed by atoms with van der Waals surface area (Å²) in [4.78, 5) is 10.7. The molecule has 12 heavy (non-hydrogen) atoms. The Balaban J connectivity index is 2.91. The van der Waals surface area contributed by atoms with E-state index in [-0.39, 0.29) is 5.03 Å². The Hall–Kier alpha value is 0.310. The molecular formula is C7H4Cl4O. The predicted octanol–water partition coefficient (Wildman–Crippen LogP) is 3.23. The van der Waals surface area contributed by atoms with Gasteiger partial charge in [-0.2, -0.15) is 0 Å². The molecule has 0 amide bonds. The van der Waals surface area contributed by atoms with E-state index in [0.717, 1.165) is 0 Å². The summed E-state index contributed by atoms with van der Waals surface area (Å²) in [5, 5.41) is -0.293. The number of carbonyl (C=O) groups excluding carboxylic acids is 1. The molecule has 1 aliphatic carbocycles. The minimum Gasteiger partial charge on any atom is -0.280 e. The fraction of sp³-hybridized carbons (Fsp3) is 0.286. The van der Waals surface area contributed by atoms with E-state index >= 15 is 0 Å². The Labute approximate surface area is 89.9 Å². The van der Waals surface area contributed by atoms with Crippen LogP contribution in [0.25, 0.3) is 0 Å². The molecular weight excluding hydrogens is 242 g/mol. The maximum absolute atomic E-state index is 10.7. The molecule has 0 fully saturated rings. The van der Waals surface area contributed by atoms with E-state index in [0.29, 0.717) is 0 Å². The van der Waals surface area contributed by atoms with E-state index in [1.807, 2.05) is 0 Å². The van der Waals surface area contributed by atoms with Crippen LogP contribution in [0.3, 0.4) is 0 Å². The van der Waals surface area contributed by atoms with Crippen LogP contribution in [0.2, 0.25) is 0 Å². The highest BCUT2D eigenvalue weighted by Gasteiger charge is 2.28. The molecule has 1 atom stereocenters. The molecule has 0 N–H and O–H groups in total. The van der Waals surface area contributed by atoms with Gasteiger partial charge in [0.2, 0.25) is 5.24 Å². The molecule has 1 rings (SSSR count). The lowest BCUT2D eigenvalue weighted by Crippen LogP contribution is -2.16. The number of rotatable bonds is 1. The SMILES string of the molecule is O=C(Cl)C1C=CC(Cl)(Cl)C=C1Cl. The van der Waals surface area contributed by atoms with E-state index in [9.17, 15) is 4.79 Å². The molecule has 0 aromatic rings. The van der Waals surface area contributed by atoms with Gasteiger partial charge in [-0.25, -0.2) is 0 Å². The van der Waals surface area contributed by atoms with Gasteiger partial charge < -0.3 is 0 Å². The molecule has 1 nitrogen and oxygen atoms in total. The van der Waals surface area contributed by atoms with Crippen molar-refractivity contribution in [3.8, 4) is 0 Å². The first kappa shape index (κ1) is 10.4. The summed E-state index contributed by atoms with van der Waals surface area (Å²) >= 11 is 22.3. The van der Waals surface area contributed by atoms with Gasteiger partial charge in [0.15, 0.2) is 4.33 Å². The van der Waals surface area contributed by atoms with Crippen molar-refractivity contribution in [2.24, 2.45) is 5.92 Å². The number of hydrogen-bond acceptors (Lipinski definition) is 1. The van der Waals surface area contributed by atoms with Crippen molar-refractivity contribution in [1.29, 1.82) is 0 Å². The maximum atomic E-state index is 10.7. The lowest BCUT2D eigenvalue weighted by molar-refractivity contribution is -0.112. The van der Waals surface area contributed by atoms with Crippen molar-refractivity contribution in [2.75, 3.05) is 0 Å². The average molecular weight is 246 g/mol. The molecule has 0 heterocycles. The van der Waals surface area contributed by atoms with Gasteiger partial charge in [0, 0.05) is 5.03 Å². The zero-order valence-corrected chi connectivity index (χ0v) is 8.75. The third-order valence-electron chi connectivity index (χ3n) is 1.38. The fourth-order valence-electron chi connectivity index (χ4n) is 0.822. The van der Waals surface area contributed by atoms with Gasteiger partial charge >= 0.3 is 0 Å². The predicted molar refractivity (Wildman–Crippen MR) is 51.9 cm³/mol. The van der Waals surface area contributed by atoms with Crippen molar-refractivity contribution < 1.29 is 4.79 Å². The minimum absolute atomic E-state index is 0.252. The van der Waals surface area contributed by atoms with Crippen LogP contribution in [0.15, 0.2) is 23.3 Å². The summed E-state index contributed by atoms with van der Waals surface area (Å²) in [6.45, 7) is 0. The number of alkyl halides is 2. The Bertz CT molecular complexity index is 267. The fourth-order valence-corrected chi connectivity index (χ4v) is 1.90. The highest BCUT2D eigenvalue weighted by Crippen LogP contribution is 2.35. The first-order chi connectivity index (χ1) is 5.42. The molecule has 66 valence electrons. The van der Waals surface area contributed by atoms with Crippen molar-refractivity contribution in [3.05, 3.63) is 23.3 Å². The van der Waals surface area contributed by atoms with E-state index in [4.69, 9.17) is 46.4 Å². The van der Waals surface area contributed by atoms with Crippen LogP contribution in [0.5, 0.6) is 0 Å². The summed E-state index contributed by atoms with van der Waals surface area (Å²) in [6, 6.07) is 0. The van der Waals surface area contributed by atoms with Crippen LogP contribution >= 0.6 is 46.4 Å².